The van der Waals surface area contributed by atoms with Gasteiger partial charge in [0, 0.05) is 0 Å². The molecule has 1 heterocycles. The molecule has 0 amide bonds. The Kier molecular flexibility index (Phi) is 2.54. The second-order valence-electron chi connectivity index (χ2n) is 3.61. The van der Waals surface area contributed by atoms with Crippen molar-refractivity contribution in [1.29, 1.82) is 0 Å². The Bertz CT molecular complexity index is 421. The monoisotopic (exact) mass is 204 g/mol. The third-order valence-electron chi connectivity index (χ3n) is 2.61. The molecule has 15 heavy (non-hydrogen) atoms. The van der Waals surface area contributed by atoms with Crippen molar-refractivity contribution in [3.05, 3.63) is 34.9 Å². The lowest BCUT2D eigenvalue weighted by Gasteiger charge is -2.04. The quantitative estimate of drug-likeness (QED) is 0.518. The van der Waals surface area contributed by atoms with E-state index in [2.05, 4.69) is 4.74 Å². The summed E-state index contributed by atoms with van der Waals surface area (Å²) in [5, 5.41) is 0. The number of fused-ring (bicyclic) bond motifs is 1. The highest BCUT2D eigenvalue weighted by molar-refractivity contribution is 5.99. The second-order valence-corrected chi connectivity index (χ2v) is 3.61. The van der Waals surface area contributed by atoms with Crippen LogP contribution in [0.5, 0.6) is 0 Å². The van der Waals surface area contributed by atoms with Gasteiger partial charge >= 0.3 is 11.9 Å². The van der Waals surface area contributed by atoms with Crippen molar-refractivity contribution in [3.8, 4) is 0 Å². The topological polar surface area (TPSA) is 43.4 Å². The van der Waals surface area contributed by atoms with Crippen LogP contribution in [-0.4, -0.2) is 11.9 Å². The molecule has 0 unspecified atom stereocenters. The van der Waals surface area contributed by atoms with Gasteiger partial charge in [-0.25, -0.2) is 4.79 Å². The molecule has 0 aliphatic carbocycles. The van der Waals surface area contributed by atoms with Crippen LogP contribution in [0.1, 0.15) is 34.8 Å². The first-order chi connectivity index (χ1) is 7.20. The zero-order valence-corrected chi connectivity index (χ0v) is 8.58. The first-order valence-corrected chi connectivity index (χ1v) is 5.07. The Morgan fingerprint density at radius 1 is 1.27 bits per heavy atom. The average Bonchev–Trinajstić information content (AvgIpc) is 2.38. The van der Waals surface area contributed by atoms with Crippen LogP contribution in [0.4, 0.5) is 0 Å². The van der Waals surface area contributed by atoms with Crippen LogP contribution in [-0.2, 0) is 22.4 Å². The minimum Gasteiger partial charge on any atom is -0.389 e. The molecule has 0 fully saturated rings. The van der Waals surface area contributed by atoms with Gasteiger partial charge in [-0.15, -0.1) is 0 Å². The average molecular weight is 204 g/mol. The summed E-state index contributed by atoms with van der Waals surface area (Å²) >= 11 is 0. The van der Waals surface area contributed by atoms with E-state index < -0.39 is 11.9 Å². The largest absolute Gasteiger partial charge is 0.389 e. The minimum atomic E-state index is -0.511. The molecule has 0 bridgehead atoms. The maximum absolute atomic E-state index is 11.5. The van der Waals surface area contributed by atoms with E-state index in [0.29, 0.717) is 12.0 Å². The molecule has 3 nitrogen and oxygen atoms in total. The molecular weight excluding hydrogens is 192 g/mol. The molecule has 0 aromatic heterocycles. The van der Waals surface area contributed by atoms with Crippen molar-refractivity contribution < 1.29 is 14.3 Å². The summed E-state index contributed by atoms with van der Waals surface area (Å²) in [7, 11) is 0. The van der Waals surface area contributed by atoms with Crippen molar-refractivity contribution in [2.45, 2.75) is 26.2 Å². The van der Waals surface area contributed by atoms with E-state index in [1.165, 1.54) is 0 Å². The zero-order valence-electron chi connectivity index (χ0n) is 8.58. The van der Waals surface area contributed by atoms with E-state index >= 15 is 0 Å². The van der Waals surface area contributed by atoms with Crippen LogP contribution in [0, 0.1) is 0 Å². The highest BCUT2D eigenvalue weighted by atomic mass is 16.6. The summed E-state index contributed by atoms with van der Waals surface area (Å²) in [5.41, 5.74) is 2.53. The van der Waals surface area contributed by atoms with Crippen molar-refractivity contribution >= 4 is 11.9 Å². The van der Waals surface area contributed by atoms with E-state index in [-0.39, 0.29) is 6.42 Å². The van der Waals surface area contributed by atoms with E-state index in [1.54, 1.807) is 0 Å². The molecule has 0 atom stereocenters. The standard InChI is InChI=1S/C12H12O3/c1-2-8-3-4-9-5-6-11(13)15-12(14)10(9)7-8/h3-4,7H,2,5-6H2,1H3. The van der Waals surface area contributed by atoms with Gasteiger partial charge in [-0.2, -0.15) is 0 Å². The number of ether oxygens (including phenoxy) is 1. The molecule has 0 spiro atoms. The number of benzene rings is 1. The maximum atomic E-state index is 11.5. The van der Waals surface area contributed by atoms with Gasteiger partial charge in [0.1, 0.15) is 0 Å². The number of rotatable bonds is 1. The van der Waals surface area contributed by atoms with Gasteiger partial charge in [0.05, 0.1) is 12.0 Å². The summed E-state index contributed by atoms with van der Waals surface area (Å²) in [5.74, 6) is -0.947. The van der Waals surface area contributed by atoms with Crippen molar-refractivity contribution in [2.24, 2.45) is 0 Å². The number of esters is 2. The third-order valence-corrected chi connectivity index (χ3v) is 2.61. The summed E-state index contributed by atoms with van der Waals surface area (Å²) in [6.07, 6.45) is 1.74. The van der Waals surface area contributed by atoms with Crippen LogP contribution in [0.2, 0.25) is 0 Å². The van der Waals surface area contributed by atoms with Gasteiger partial charge in [0.2, 0.25) is 0 Å². The molecule has 2 rings (SSSR count). The van der Waals surface area contributed by atoms with Crippen LogP contribution in [0.15, 0.2) is 18.2 Å². The number of aryl methyl sites for hydroxylation is 2. The van der Waals surface area contributed by atoms with E-state index in [4.69, 9.17) is 0 Å². The minimum absolute atomic E-state index is 0.282. The Morgan fingerprint density at radius 2 is 2.07 bits per heavy atom. The summed E-state index contributed by atoms with van der Waals surface area (Å²) in [6.45, 7) is 2.02. The van der Waals surface area contributed by atoms with E-state index in [0.717, 1.165) is 17.5 Å². The summed E-state index contributed by atoms with van der Waals surface area (Å²) in [4.78, 5) is 22.6. The molecule has 1 aromatic carbocycles. The molecule has 1 aromatic rings. The zero-order chi connectivity index (χ0) is 10.8. The molecule has 0 N–H and O–H groups in total. The highest BCUT2D eigenvalue weighted by Gasteiger charge is 2.21. The first kappa shape index (κ1) is 9.90. The van der Waals surface area contributed by atoms with Crippen LogP contribution in [0.3, 0.4) is 0 Å². The number of hydrogen-bond acceptors (Lipinski definition) is 3. The van der Waals surface area contributed by atoms with E-state index in [1.807, 2.05) is 25.1 Å². The lowest BCUT2D eigenvalue weighted by Crippen LogP contribution is -2.09. The molecule has 1 aliphatic rings. The van der Waals surface area contributed by atoms with Gasteiger partial charge in [-0.05, 0) is 30.0 Å². The van der Waals surface area contributed by atoms with Gasteiger partial charge in [-0.1, -0.05) is 19.1 Å². The first-order valence-electron chi connectivity index (χ1n) is 5.07. The Balaban J connectivity index is 2.45. The second kappa shape index (κ2) is 3.85. The fraction of sp³-hybridized carbons (Fsp3) is 0.333. The summed E-state index contributed by atoms with van der Waals surface area (Å²) in [6, 6.07) is 5.71. The van der Waals surface area contributed by atoms with Gasteiger partial charge in [0.15, 0.2) is 0 Å². The number of hydrogen-bond donors (Lipinski definition) is 0. The summed E-state index contributed by atoms with van der Waals surface area (Å²) < 4.78 is 4.66. The smallest absolute Gasteiger partial charge is 0.346 e. The van der Waals surface area contributed by atoms with Crippen molar-refractivity contribution in [1.82, 2.24) is 0 Å². The van der Waals surface area contributed by atoms with Crippen LogP contribution < -0.4 is 0 Å². The van der Waals surface area contributed by atoms with Gasteiger partial charge in [-0.3, -0.25) is 4.79 Å². The lowest BCUT2D eigenvalue weighted by atomic mass is 10.00. The molecule has 0 radical (unpaired) electrons. The van der Waals surface area contributed by atoms with Gasteiger partial charge < -0.3 is 4.74 Å². The molecule has 3 heteroatoms. The van der Waals surface area contributed by atoms with Crippen LogP contribution in [0.25, 0.3) is 0 Å². The number of carbonyl (C=O) groups is 2. The van der Waals surface area contributed by atoms with Gasteiger partial charge in [0.25, 0.3) is 0 Å². The number of cyclic esters (lactones) is 2. The third kappa shape index (κ3) is 1.91. The fourth-order valence-electron chi connectivity index (χ4n) is 1.70. The molecular formula is C12H12O3. The van der Waals surface area contributed by atoms with Crippen LogP contribution >= 0.6 is 0 Å². The fourth-order valence-corrected chi connectivity index (χ4v) is 1.70. The maximum Gasteiger partial charge on any atom is 0.346 e. The molecule has 0 saturated carbocycles. The Hall–Kier alpha value is -1.64. The van der Waals surface area contributed by atoms with Crippen molar-refractivity contribution in [3.63, 3.8) is 0 Å². The lowest BCUT2D eigenvalue weighted by molar-refractivity contribution is -0.137. The highest BCUT2D eigenvalue weighted by Crippen LogP contribution is 2.19. The van der Waals surface area contributed by atoms with E-state index in [9.17, 15) is 9.59 Å². The number of carbonyl (C=O) groups excluding carboxylic acids is 2. The van der Waals surface area contributed by atoms with Crippen molar-refractivity contribution in [2.75, 3.05) is 0 Å². The molecule has 1 aliphatic heterocycles. The predicted molar refractivity (Wildman–Crippen MR) is 54.6 cm³/mol. The predicted octanol–water partition coefficient (Wildman–Crippen LogP) is 1.88. The Labute approximate surface area is 88.1 Å². The SMILES string of the molecule is CCc1ccc2c(c1)C(=O)OC(=O)CC2. The molecule has 0 saturated heterocycles. The normalized spacial score (nSPS) is 15.5. The molecule has 78 valence electrons. The Morgan fingerprint density at radius 3 is 2.80 bits per heavy atom.